The van der Waals surface area contributed by atoms with Crippen molar-refractivity contribution in [1.82, 2.24) is 5.32 Å². The van der Waals surface area contributed by atoms with E-state index in [2.05, 4.69) is 10.6 Å². The highest BCUT2D eigenvalue weighted by atomic mass is 16.5. The Labute approximate surface area is 117 Å². The largest absolute Gasteiger partial charge is 0.465 e. The predicted octanol–water partition coefficient (Wildman–Crippen LogP) is 0.993. The molecule has 0 aliphatic heterocycles. The highest BCUT2D eigenvalue weighted by Crippen LogP contribution is 2.28. The molecule has 0 atom stereocenters. The Balaban J connectivity index is 1.90. The summed E-state index contributed by atoms with van der Waals surface area (Å²) in [6, 6.07) is 5.05. The van der Waals surface area contributed by atoms with E-state index in [0.29, 0.717) is 30.0 Å². The Kier molecular flexibility index (Phi) is 4.45. The van der Waals surface area contributed by atoms with Gasteiger partial charge in [0.05, 0.1) is 24.0 Å². The number of nitrogens with two attached hydrogens (primary N) is 1. The molecule has 20 heavy (non-hydrogen) atoms. The molecule has 0 heterocycles. The zero-order valence-corrected chi connectivity index (χ0v) is 11.4. The topological polar surface area (TPSA) is 93.4 Å². The van der Waals surface area contributed by atoms with Gasteiger partial charge in [-0.05, 0) is 25.0 Å². The van der Waals surface area contributed by atoms with Gasteiger partial charge >= 0.3 is 5.97 Å². The van der Waals surface area contributed by atoms with Gasteiger partial charge in [0.1, 0.15) is 0 Å². The van der Waals surface area contributed by atoms with Gasteiger partial charge in [-0.1, -0.05) is 6.07 Å². The molecule has 0 aromatic heterocycles. The average Bonchev–Trinajstić information content (AvgIpc) is 3.28. The van der Waals surface area contributed by atoms with Crippen molar-refractivity contribution in [1.29, 1.82) is 0 Å². The van der Waals surface area contributed by atoms with Gasteiger partial charge in [0.2, 0.25) is 5.91 Å². The first-order chi connectivity index (χ1) is 9.63. The second kappa shape index (κ2) is 6.27. The minimum Gasteiger partial charge on any atom is -0.465 e. The molecule has 6 nitrogen and oxygen atoms in total. The third kappa shape index (κ3) is 3.40. The number of esters is 1. The summed E-state index contributed by atoms with van der Waals surface area (Å²) in [4.78, 5) is 23.1. The fraction of sp³-hybridized carbons (Fsp3) is 0.429. The lowest BCUT2D eigenvalue weighted by molar-refractivity contribution is -0.122. The quantitative estimate of drug-likeness (QED) is 0.409. The van der Waals surface area contributed by atoms with Gasteiger partial charge in [0.25, 0.3) is 0 Å². The molecule has 0 bridgehead atoms. The minimum absolute atomic E-state index is 0.0982. The molecule has 1 aromatic carbocycles. The van der Waals surface area contributed by atoms with Crippen molar-refractivity contribution in [3.8, 4) is 0 Å². The Hall–Kier alpha value is -2.24. The summed E-state index contributed by atoms with van der Waals surface area (Å²) in [5.41, 5.74) is 7.26. The highest BCUT2D eigenvalue weighted by Gasteiger charge is 2.29. The van der Waals surface area contributed by atoms with Crippen molar-refractivity contribution in [2.75, 3.05) is 31.2 Å². The van der Waals surface area contributed by atoms with E-state index in [4.69, 9.17) is 10.5 Å². The lowest BCUT2D eigenvalue weighted by atomic mass is 10.1. The standard InChI is InChI=1S/C14H19N3O3/c1-20-14(19)10-3-2-4-11(15)12(10)16-7-8-17-13(18)9-5-6-9/h2-4,9,16H,5-8,15H2,1H3,(H,17,18). The molecule has 1 fully saturated rings. The van der Waals surface area contributed by atoms with Crippen LogP contribution in [0.5, 0.6) is 0 Å². The number of anilines is 2. The number of ether oxygens (including phenoxy) is 1. The SMILES string of the molecule is COC(=O)c1cccc(N)c1NCCNC(=O)C1CC1. The monoisotopic (exact) mass is 277 g/mol. The molecule has 6 heteroatoms. The highest BCUT2D eigenvalue weighted by molar-refractivity contribution is 5.98. The van der Waals surface area contributed by atoms with Gasteiger partial charge in [0, 0.05) is 19.0 Å². The summed E-state index contributed by atoms with van der Waals surface area (Å²) in [6.45, 7) is 0.987. The molecular weight excluding hydrogens is 258 g/mol. The van der Waals surface area contributed by atoms with Crippen LogP contribution in [0, 0.1) is 5.92 Å². The minimum atomic E-state index is -0.443. The van der Waals surface area contributed by atoms with Crippen LogP contribution in [0.2, 0.25) is 0 Å². The van der Waals surface area contributed by atoms with Crippen LogP contribution in [-0.4, -0.2) is 32.1 Å². The molecule has 1 aliphatic carbocycles. The second-order valence-corrected chi connectivity index (χ2v) is 4.75. The van der Waals surface area contributed by atoms with E-state index < -0.39 is 5.97 Å². The van der Waals surface area contributed by atoms with Crippen molar-refractivity contribution in [3.63, 3.8) is 0 Å². The third-order valence-corrected chi connectivity index (χ3v) is 3.18. The lowest BCUT2D eigenvalue weighted by Crippen LogP contribution is -2.30. The number of rotatable bonds is 6. The maximum absolute atomic E-state index is 11.6. The number of para-hydroxylation sites is 1. The number of hydrogen-bond acceptors (Lipinski definition) is 5. The van der Waals surface area contributed by atoms with Crippen LogP contribution in [0.1, 0.15) is 23.2 Å². The van der Waals surface area contributed by atoms with E-state index in [-0.39, 0.29) is 11.8 Å². The molecule has 0 unspecified atom stereocenters. The van der Waals surface area contributed by atoms with Crippen molar-refractivity contribution < 1.29 is 14.3 Å². The number of methoxy groups -OCH3 is 1. The number of amides is 1. The Morgan fingerprint density at radius 1 is 1.35 bits per heavy atom. The summed E-state index contributed by atoms with van der Waals surface area (Å²) in [5, 5.41) is 5.91. The van der Waals surface area contributed by atoms with Crippen molar-refractivity contribution >= 4 is 23.3 Å². The molecule has 4 N–H and O–H groups in total. The van der Waals surface area contributed by atoms with E-state index in [0.717, 1.165) is 12.8 Å². The van der Waals surface area contributed by atoms with Crippen LogP contribution in [0.15, 0.2) is 18.2 Å². The first-order valence-corrected chi connectivity index (χ1v) is 6.62. The first kappa shape index (κ1) is 14.2. The molecule has 0 spiro atoms. The van der Waals surface area contributed by atoms with Gasteiger partial charge in [-0.2, -0.15) is 0 Å². The Morgan fingerprint density at radius 2 is 2.10 bits per heavy atom. The molecule has 2 rings (SSSR count). The van der Waals surface area contributed by atoms with Gasteiger partial charge in [-0.25, -0.2) is 4.79 Å². The second-order valence-electron chi connectivity index (χ2n) is 4.75. The van der Waals surface area contributed by atoms with Crippen LogP contribution in [0.4, 0.5) is 11.4 Å². The smallest absolute Gasteiger partial charge is 0.340 e. The molecule has 1 amide bonds. The van der Waals surface area contributed by atoms with E-state index in [1.165, 1.54) is 7.11 Å². The van der Waals surface area contributed by atoms with Gasteiger partial charge < -0.3 is 21.1 Å². The van der Waals surface area contributed by atoms with Gasteiger partial charge in [0.15, 0.2) is 0 Å². The summed E-state index contributed by atoms with van der Waals surface area (Å²) in [5.74, 6) is -0.148. The van der Waals surface area contributed by atoms with Crippen molar-refractivity contribution in [2.24, 2.45) is 5.92 Å². The van der Waals surface area contributed by atoms with Crippen LogP contribution in [0.3, 0.4) is 0 Å². The van der Waals surface area contributed by atoms with E-state index >= 15 is 0 Å². The van der Waals surface area contributed by atoms with Crippen molar-refractivity contribution in [3.05, 3.63) is 23.8 Å². The number of hydrogen-bond donors (Lipinski definition) is 3. The normalized spacial score (nSPS) is 13.7. The van der Waals surface area contributed by atoms with Crippen molar-refractivity contribution in [2.45, 2.75) is 12.8 Å². The lowest BCUT2D eigenvalue weighted by Gasteiger charge is -2.13. The maximum Gasteiger partial charge on any atom is 0.340 e. The van der Waals surface area contributed by atoms with E-state index in [1.807, 2.05) is 0 Å². The third-order valence-electron chi connectivity index (χ3n) is 3.18. The molecular formula is C14H19N3O3. The van der Waals surface area contributed by atoms with Crippen LogP contribution >= 0.6 is 0 Å². The van der Waals surface area contributed by atoms with E-state index in [9.17, 15) is 9.59 Å². The molecule has 1 aromatic rings. The van der Waals surface area contributed by atoms with Crippen LogP contribution in [-0.2, 0) is 9.53 Å². The number of carbonyl (C=O) groups excluding carboxylic acids is 2. The van der Waals surface area contributed by atoms with Gasteiger partial charge in [-0.15, -0.1) is 0 Å². The van der Waals surface area contributed by atoms with Crippen LogP contribution < -0.4 is 16.4 Å². The number of nitrogens with one attached hydrogen (secondary N) is 2. The summed E-state index contributed by atoms with van der Waals surface area (Å²) < 4.78 is 4.71. The average molecular weight is 277 g/mol. The summed E-state index contributed by atoms with van der Waals surface area (Å²) in [7, 11) is 1.32. The number of carbonyl (C=O) groups is 2. The predicted molar refractivity (Wildman–Crippen MR) is 76.4 cm³/mol. The summed E-state index contributed by atoms with van der Waals surface area (Å²) >= 11 is 0. The molecule has 108 valence electrons. The zero-order valence-electron chi connectivity index (χ0n) is 11.4. The number of nitrogen functional groups attached to an aromatic ring is 1. The number of benzene rings is 1. The fourth-order valence-corrected chi connectivity index (χ4v) is 1.91. The Morgan fingerprint density at radius 3 is 2.75 bits per heavy atom. The fourth-order valence-electron chi connectivity index (χ4n) is 1.91. The molecule has 1 aliphatic rings. The van der Waals surface area contributed by atoms with Crippen LogP contribution in [0.25, 0.3) is 0 Å². The molecule has 0 radical (unpaired) electrons. The molecule has 1 saturated carbocycles. The zero-order chi connectivity index (χ0) is 14.5. The molecule has 0 saturated heterocycles. The maximum atomic E-state index is 11.6. The Bertz CT molecular complexity index is 512. The summed E-state index contributed by atoms with van der Waals surface area (Å²) in [6.07, 6.45) is 1.97. The van der Waals surface area contributed by atoms with Gasteiger partial charge in [-0.3, -0.25) is 4.79 Å². The van der Waals surface area contributed by atoms with E-state index in [1.54, 1.807) is 18.2 Å². The first-order valence-electron chi connectivity index (χ1n) is 6.62.